The standard InChI is InChI=1S/C32H18F3N5/c1-19-6-9-24(27(12-19)32(33,34)35)21-7-10-26-25-4-2-3-5-29(25)40(30(26)14-21)28-11-8-20(13-22(28)15-36)23-17-38-31(16-37)39-18-23/h2-14,17-18H,1H3. The number of benzene rings is 4. The fraction of sp³-hybridized carbons (Fsp3) is 0.0625. The number of hydrogen-bond donors (Lipinski definition) is 0. The van der Waals surface area contributed by atoms with E-state index in [9.17, 15) is 18.4 Å². The second-order valence-corrected chi connectivity index (χ2v) is 9.38. The van der Waals surface area contributed by atoms with Gasteiger partial charge >= 0.3 is 6.18 Å². The summed E-state index contributed by atoms with van der Waals surface area (Å²) in [5.41, 5.74) is 4.14. The highest BCUT2D eigenvalue weighted by molar-refractivity contribution is 6.10. The summed E-state index contributed by atoms with van der Waals surface area (Å²) in [6.45, 7) is 1.64. The van der Waals surface area contributed by atoms with Crippen molar-refractivity contribution in [2.24, 2.45) is 0 Å². The van der Waals surface area contributed by atoms with Gasteiger partial charge in [0.15, 0.2) is 0 Å². The SMILES string of the molecule is Cc1ccc(-c2ccc3c4ccccc4n(-c4ccc(-c5cnc(C#N)nc5)cc4C#N)c3c2)c(C(F)(F)F)c1. The second kappa shape index (κ2) is 9.37. The molecule has 2 heterocycles. The highest BCUT2D eigenvalue weighted by Crippen LogP contribution is 2.41. The van der Waals surface area contributed by atoms with Crippen LogP contribution in [0, 0.1) is 29.6 Å². The molecule has 0 amide bonds. The molecular weight excluding hydrogens is 511 g/mol. The number of halogens is 3. The molecule has 2 aromatic heterocycles. The third-order valence-corrected chi connectivity index (χ3v) is 6.91. The van der Waals surface area contributed by atoms with Gasteiger partial charge in [-0.3, -0.25) is 0 Å². The molecule has 0 bridgehead atoms. The van der Waals surface area contributed by atoms with Crippen molar-refractivity contribution in [2.75, 3.05) is 0 Å². The van der Waals surface area contributed by atoms with Crippen molar-refractivity contribution in [3.05, 3.63) is 114 Å². The van der Waals surface area contributed by atoms with Crippen LogP contribution in [0.15, 0.2) is 91.3 Å². The zero-order valence-corrected chi connectivity index (χ0v) is 21.0. The molecule has 0 spiro atoms. The average molecular weight is 530 g/mol. The molecule has 6 aromatic rings. The topological polar surface area (TPSA) is 78.3 Å². The van der Waals surface area contributed by atoms with Crippen LogP contribution in [0.1, 0.15) is 22.5 Å². The predicted molar refractivity (Wildman–Crippen MR) is 146 cm³/mol. The number of alkyl halides is 3. The molecule has 0 fully saturated rings. The zero-order chi connectivity index (χ0) is 28.0. The summed E-state index contributed by atoms with van der Waals surface area (Å²) in [4.78, 5) is 8.02. The maximum atomic E-state index is 14.0. The second-order valence-electron chi connectivity index (χ2n) is 9.38. The molecule has 0 saturated carbocycles. The van der Waals surface area contributed by atoms with Gasteiger partial charge in [-0.15, -0.1) is 0 Å². The molecule has 0 unspecified atom stereocenters. The minimum Gasteiger partial charge on any atom is -0.308 e. The van der Waals surface area contributed by atoms with Gasteiger partial charge in [0, 0.05) is 28.7 Å². The van der Waals surface area contributed by atoms with E-state index in [1.165, 1.54) is 18.5 Å². The molecule has 4 aromatic carbocycles. The molecule has 0 aliphatic rings. The summed E-state index contributed by atoms with van der Waals surface area (Å²) in [6.07, 6.45) is -1.47. The van der Waals surface area contributed by atoms with E-state index in [0.29, 0.717) is 39.0 Å². The Morgan fingerprint density at radius 2 is 1.45 bits per heavy atom. The molecule has 0 aliphatic carbocycles. The van der Waals surface area contributed by atoms with E-state index < -0.39 is 11.7 Å². The van der Waals surface area contributed by atoms with E-state index in [0.717, 1.165) is 22.4 Å². The summed E-state index contributed by atoms with van der Waals surface area (Å²) in [7, 11) is 0. The molecular formula is C32H18F3N5. The largest absolute Gasteiger partial charge is 0.417 e. The Bertz CT molecular complexity index is 2020. The lowest BCUT2D eigenvalue weighted by Gasteiger charge is -2.15. The smallest absolute Gasteiger partial charge is 0.308 e. The number of hydrogen-bond acceptors (Lipinski definition) is 4. The summed E-state index contributed by atoms with van der Waals surface area (Å²) < 4.78 is 43.9. The van der Waals surface area contributed by atoms with Crippen LogP contribution in [-0.4, -0.2) is 14.5 Å². The van der Waals surface area contributed by atoms with Crippen molar-refractivity contribution in [3.8, 4) is 40.1 Å². The summed E-state index contributed by atoms with van der Waals surface area (Å²) >= 11 is 0. The van der Waals surface area contributed by atoms with E-state index >= 15 is 0 Å². The number of aryl methyl sites for hydroxylation is 1. The van der Waals surface area contributed by atoms with Crippen molar-refractivity contribution >= 4 is 21.8 Å². The first-order chi connectivity index (χ1) is 19.3. The monoisotopic (exact) mass is 529 g/mol. The van der Waals surface area contributed by atoms with Crippen LogP contribution < -0.4 is 0 Å². The fourth-order valence-electron chi connectivity index (χ4n) is 5.08. The number of nitrogens with zero attached hydrogens (tertiary/aromatic N) is 5. The normalized spacial score (nSPS) is 11.4. The molecule has 40 heavy (non-hydrogen) atoms. The number of para-hydroxylation sites is 1. The molecule has 8 heteroatoms. The van der Waals surface area contributed by atoms with E-state index in [4.69, 9.17) is 5.26 Å². The third kappa shape index (κ3) is 4.13. The van der Waals surface area contributed by atoms with Gasteiger partial charge in [0.2, 0.25) is 5.82 Å². The van der Waals surface area contributed by atoms with Gasteiger partial charge in [-0.05, 0) is 53.9 Å². The molecule has 192 valence electrons. The number of rotatable bonds is 3. The Morgan fingerprint density at radius 3 is 2.17 bits per heavy atom. The van der Waals surface area contributed by atoms with Gasteiger partial charge in [-0.2, -0.15) is 23.7 Å². The maximum Gasteiger partial charge on any atom is 0.417 e. The predicted octanol–water partition coefficient (Wildman–Crippen LogP) is 7.98. The Morgan fingerprint density at radius 1 is 0.725 bits per heavy atom. The zero-order valence-electron chi connectivity index (χ0n) is 21.0. The minimum atomic E-state index is -4.51. The van der Waals surface area contributed by atoms with Crippen LogP contribution in [-0.2, 0) is 6.18 Å². The van der Waals surface area contributed by atoms with Crippen molar-refractivity contribution < 1.29 is 13.2 Å². The minimum absolute atomic E-state index is 0.0456. The van der Waals surface area contributed by atoms with E-state index in [-0.39, 0.29) is 11.4 Å². The molecule has 5 nitrogen and oxygen atoms in total. The quantitative estimate of drug-likeness (QED) is 0.233. The molecule has 0 N–H and O–H groups in total. The summed E-state index contributed by atoms with van der Waals surface area (Å²) in [6, 6.07) is 26.8. The molecule has 0 aliphatic heterocycles. The summed E-state index contributed by atoms with van der Waals surface area (Å²) in [5, 5.41) is 20.9. The molecule has 0 atom stereocenters. The summed E-state index contributed by atoms with van der Waals surface area (Å²) in [5.74, 6) is 0.0456. The van der Waals surface area contributed by atoms with Crippen LogP contribution in [0.3, 0.4) is 0 Å². The lowest BCUT2D eigenvalue weighted by Crippen LogP contribution is -2.07. The van der Waals surface area contributed by atoms with E-state index in [1.54, 1.807) is 37.3 Å². The number of nitriles is 2. The maximum absolute atomic E-state index is 14.0. The Balaban J connectivity index is 1.60. The van der Waals surface area contributed by atoms with Gasteiger partial charge in [-0.1, -0.05) is 54.1 Å². The molecule has 0 radical (unpaired) electrons. The highest BCUT2D eigenvalue weighted by atomic mass is 19.4. The third-order valence-electron chi connectivity index (χ3n) is 6.91. The van der Waals surface area contributed by atoms with Gasteiger partial charge in [0.25, 0.3) is 0 Å². The lowest BCUT2D eigenvalue weighted by atomic mass is 9.96. The number of aromatic nitrogens is 3. The fourth-order valence-corrected chi connectivity index (χ4v) is 5.08. The average Bonchev–Trinajstić information content (AvgIpc) is 3.30. The van der Waals surface area contributed by atoms with Gasteiger partial charge in [0.1, 0.15) is 12.1 Å². The van der Waals surface area contributed by atoms with E-state index in [2.05, 4.69) is 16.0 Å². The van der Waals surface area contributed by atoms with Crippen molar-refractivity contribution in [2.45, 2.75) is 13.1 Å². The number of fused-ring (bicyclic) bond motifs is 3. The van der Waals surface area contributed by atoms with Crippen LogP contribution >= 0.6 is 0 Å². The van der Waals surface area contributed by atoms with Gasteiger partial charge in [0.05, 0.1) is 27.8 Å². The lowest BCUT2D eigenvalue weighted by molar-refractivity contribution is -0.137. The Kier molecular flexibility index (Phi) is 5.82. The van der Waals surface area contributed by atoms with Crippen LogP contribution in [0.5, 0.6) is 0 Å². The molecule has 6 rings (SSSR count). The van der Waals surface area contributed by atoms with E-state index in [1.807, 2.05) is 47.0 Å². The van der Waals surface area contributed by atoms with Crippen molar-refractivity contribution in [1.82, 2.24) is 14.5 Å². The van der Waals surface area contributed by atoms with Crippen molar-refractivity contribution in [3.63, 3.8) is 0 Å². The van der Waals surface area contributed by atoms with Gasteiger partial charge in [-0.25, -0.2) is 9.97 Å². The van der Waals surface area contributed by atoms with Crippen molar-refractivity contribution in [1.29, 1.82) is 10.5 Å². The highest BCUT2D eigenvalue weighted by Gasteiger charge is 2.34. The Hall–Kier alpha value is -5.47. The first kappa shape index (κ1) is 24.8. The first-order valence-electron chi connectivity index (χ1n) is 12.3. The van der Waals surface area contributed by atoms with Crippen LogP contribution in [0.2, 0.25) is 0 Å². The molecule has 0 saturated heterocycles. The van der Waals surface area contributed by atoms with Crippen LogP contribution in [0.25, 0.3) is 49.7 Å². The Labute approximate surface area is 227 Å². The van der Waals surface area contributed by atoms with Gasteiger partial charge < -0.3 is 4.57 Å². The van der Waals surface area contributed by atoms with Crippen LogP contribution in [0.4, 0.5) is 13.2 Å². The first-order valence-corrected chi connectivity index (χ1v) is 12.3.